The molecule has 32 heavy (non-hydrogen) atoms. The van der Waals surface area contributed by atoms with E-state index in [0.29, 0.717) is 27.7 Å². The Kier molecular flexibility index (Phi) is 6.29. The first-order valence-electron chi connectivity index (χ1n) is 9.49. The minimum Gasteiger partial charge on any atom is -0.368 e. The number of hydrogen-bond donors (Lipinski definition) is 2. The molecule has 2 aromatic heterocycles. The lowest BCUT2D eigenvalue weighted by Gasteiger charge is -2.16. The van der Waals surface area contributed by atoms with Gasteiger partial charge in [-0.1, -0.05) is 41.1 Å². The molecule has 0 aliphatic carbocycles. The van der Waals surface area contributed by atoms with E-state index in [1.54, 1.807) is 35.1 Å². The molecule has 0 fully saturated rings. The molecule has 0 saturated carbocycles. The first-order chi connectivity index (χ1) is 15.4. The summed E-state index contributed by atoms with van der Waals surface area (Å²) >= 11 is 7.39. The van der Waals surface area contributed by atoms with E-state index in [4.69, 9.17) is 17.3 Å². The molecule has 10 heteroatoms. The summed E-state index contributed by atoms with van der Waals surface area (Å²) in [4.78, 5) is 25.5. The lowest BCUT2D eigenvalue weighted by atomic mass is 10.0. The van der Waals surface area contributed by atoms with Gasteiger partial charge < -0.3 is 11.1 Å². The van der Waals surface area contributed by atoms with Gasteiger partial charge in [-0.05, 0) is 47.5 Å². The number of amides is 2. The molecule has 3 N–H and O–H groups in total. The first-order valence-corrected chi connectivity index (χ1v) is 10.7. The largest absolute Gasteiger partial charge is 0.368 e. The number of carbonyl (C=O) groups excluding carboxylic acids is 2. The number of aromatic nitrogens is 3. The highest BCUT2D eigenvalue weighted by Crippen LogP contribution is 2.29. The number of benzene rings is 2. The Morgan fingerprint density at radius 2 is 1.94 bits per heavy atom. The molecular formula is C22H17ClFN5O2S. The van der Waals surface area contributed by atoms with Crippen LogP contribution in [0.5, 0.6) is 0 Å². The fourth-order valence-electron chi connectivity index (χ4n) is 3.13. The number of nitrogens with two attached hydrogens (primary N) is 1. The number of rotatable bonds is 7. The van der Waals surface area contributed by atoms with Crippen LogP contribution in [0.15, 0.2) is 66.9 Å². The minimum absolute atomic E-state index is 0.348. The number of nitrogens with zero attached hydrogens (tertiary/aromatic N) is 3. The summed E-state index contributed by atoms with van der Waals surface area (Å²) in [5.41, 5.74) is 7.71. The lowest BCUT2D eigenvalue weighted by Crippen LogP contribution is -2.37. The molecule has 1 atom stereocenters. The summed E-state index contributed by atoms with van der Waals surface area (Å²) in [5.74, 6) is -1.67. The number of thiophene rings is 1. The van der Waals surface area contributed by atoms with Crippen LogP contribution in [0.4, 0.5) is 4.39 Å². The van der Waals surface area contributed by atoms with Crippen molar-refractivity contribution in [2.75, 3.05) is 0 Å². The highest BCUT2D eigenvalue weighted by Gasteiger charge is 2.21. The molecule has 0 aliphatic heterocycles. The lowest BCUT2D eigenvalue weighted by molar-refractivity contribution is -0.120. The van der Waals surface area contributed by atoms with Gasteiger partial charge in [0.05, 0.1) is 22.0 Å². The summed E-state index contributed by atoms with van der Waals surface area (Å²) in [6.07, 6.45) is 1.80. The first kappa shape index (κ1) is 21.7. The highest BCUT2D eigenvalue weighted by molar-refractivity contribution is 7.19. The van der Waals surface area contributed by atoms with E-state index in [2.05, 4.69) is 15.6 Å². The van der Waals surface area contributed by atoms with Crippen LogP contribution in [-0.4, -0.2) is 26.8 Å². The molecule has 4 rings (SSSR count). The van der Waals surface area contributed by atoms with Gasteiger partial charge in [-0.2, -0.15) is 0 Å². The van der Waals surface area contributed by atoms with Crippen LogP contribution in [-0.2, 0) is 11.3 Å². The van der Waals surface area contributed by atoms with Gasteiger partial charge in [0.15, 0.2) is 0 Å². The molecule has 2 heterocycles. The van der Waals surface area contributed by atoms with Crippen molar-refractivity contribution < 1.29 is 14.0 Å². The van der Waals surface area contributed by atoms with E-state index in [1.165, 1.54) is 35.6 Å². The second-order valence-corrected chi connectivity index (χ2v) is 8.68. The van der Waals surface area contributed by atoms with Gasteiger partial charge in [0.25, 0.3) is 5.91 Å². The Bertz CT molecular complexity index is 1270. The number of halogens is 2. The molecule has 7 nitrogen and oxygen atoms in total. The SMILES string of the molecule is NC(=O)C(NC(=O)c1cccc(Cn2cc(-c3ccc(Cl)s3)nn2)c1)c1ccc(F)cc1. The zero-order valence-corrected chi connectivity index (χ0v) is 18.1. The van der Waals surface area contributed by atoms with E-state index >= 15 is 0 Å². The van der Waals surface area contributed by atoms with Crippen LogP contribution in [0.3, 0.4) is 0 Å². The average molecular weight is 470 g/mol. The van der Waals surface area contributed by atoms with Crippen molar-refractivity contribution >= 4 is 34.8 Å². The van der Waals surface area contributed by atoms with Crippen LogP contribution in [0.2, 0.25) is 4.34 Å². The molecule has 2 amide bonds. The molecule has 0 bridgehead atoms. The summed E-state index contributed by atoms with van der Waals surface area (Å²) in [7, 11) is 0. The Morgan fingerprint density at radius 3 is 2.62 bits per heavy atom. The molecule has 2 aromatic carbocycles. The van der Waals surface area contributed by atoms with Gasteiger partial charge in [-0.25, -0.2) is 9.07 Å². The molecule has 4 aromatic rings. The number of primary amides is 1. The van der Waals surface area contributed by atoms with Crippen LogP contribution < -0.4 is 11.1 Å². The molecule has 162 valence electrons. The Balaban J connectivity index is 1.48. The quantitative estimate of drug-likeness (QED) is 0.429. The van der Waals surface area contributed by atoms with E-state index in [-0.39, 0.29) is 0 Å². The summed E-state index contributed by atoms with van der Waals surface area (Å²) < 4.78 is 15.5. The van der Waals surface area contributed by atoms with Crippen molar-refractivity contribution in [1.29, 1.82) is 0 Å². The molecular weight excluding hydrogens is 453 g/mol. The topological polar surface area (TPSA) is 103 Å². The van der Waals surface area contributed by atoms with Gasteiger partial charge in [0.2, 0.25) is 5.91 Å². The maximum absolute atomic E-state index is 13.2. The van der Waals surface area contributed by atoms with E-state index in [0.717, 1.165) is 10.4 Å². The van der Waals surface area contributed by atoms with Crippen molar-refractivity contribution in [3.8, 4) is 10.6 Å². The zero-order chi connectivity index (χ0) is 22.7. The number of carbonyl (C=O) groups is 2. The highest BCUT2D eigenvalue weighted by atomic mass is 35.5. The molecule has 0 radical (unpaired) electrons. The van der Waals surface area contributed by atoms with Gasteiger partial charge in [0, 0.05) is 5.56 Å². The molecule has 1 unspecified atom stereocenters. The second kappa shape index (κ2) is 9.29. The molecule has 0 spiro atoms. The smallest absolute Gasteiger partial charge is 0.252 e. The summed E-state index contributed by atoms with van der Waals surface area (Å²) in [5, 5.41) is 10.9. The van der Waals surface area contributed by atoms with E-state index in [9.17, 15) is 14.0 Å². The van der Waals surface area contributed by atoms with Crippen molar-refractivity contribution in [2.24, 2.45) is 5.73 Å². The predicted molar refractivity (Wildman–Crippen MR) is 120 cm³/mol. The molecule has 0 aliphatic rings. The predicted octanol–water partition coefficient (Wildman–Crippen LogP) is 3.80. The van der Waals surface area contributed by atoms with Crippen LogP contribution in [0, 0.1) is 5.82 Å². The maximum atomic E-state index is 13.2. The van der Waals surface area contributed by atoms with Crippen LogP contribution in [0.1, 0.15) is 27.5 Å². The Hall–Kier alpha value is -3.56. The summed E-state index contributed by atoms with van der Waals surface area (Å²) in [6, 6.07) is 14.7. The third-order valence-electron chi connectivity index (χ3n) is 4.66. The van der Waals surface area contributed by atoms with Crippen molar-refractivity contribution in [2.45, 2.75) is 12.6 Å². The maximum Gasteiger partial charge on any atom is 0.252 e. The van der Waals surface area contributed by atoms with Crippen molar-refractivity contribution in [3.63, 3.8) is 0 Å². The third kappa shape index (κ3) is 5.01. The van der Waals surface area contributed by atoms with Gasteiger partial charge in [-0.15, -0.1) is 16.4 Å². The monoisotopic (exact) mass is 469 g/mol. The van der Waals surface area contributed by atoms with Crippen LogP contribution in [0.25, 0.3) is 10.6 Å². The van der Waals surface area contributed by atoms with Crippen molar-refractivity contribution in [1.82, 2.24) is 20.3 Å². The number of nitrogens with one attached hydrogen (secondary N) is 1. The van der Waals surface area contributed by atoms with Crippen LogP contribution >= 0.6 is 22.9 Å². The Labute approximate surface area is 191 Å². The Morgan fingerprint density at radius 1 is 1.16 bits per heavy atom. The summed E-state index contributed by atoms with van der Waals surface area (Å²) in [6.45, 7) is 0.393. The normalized spacial score (nSPS) is 11.8. The standard InChI is InChI=1S/C22H17ClFN5O2S/c23-19-9-8-18(32-19)17-12-29(28-27-17)11-13-2-1-3-15(10-13)22(31)26-20(21(25)30)14-4-6-16(24)7-5-14/h1-10,12,20H,11H2,(H2,25,30)(H,26,31). The number of hydrogen-bond acceptors (Lipinski definition) is 5. The van der Waals surface area contributed by atoms with Gasteiger partial charge in [-0.3, -0.25) is 9.59 Å². The van der Waals surface area contributed by atoms with Gasteiger partial charge >= 0.3 is 0 Å². The minimum atomic E-state index is -1.08. The second-order valence-electron chi connectivity index (χ2n) is 6.97. The van der Waals surface area contributed by atoms with E-state index < -0.39 is 23.7 Å². The average Bonchev–Trinajstić information content (AvgIpc) is 3.41. The fourth-order valence-corrected chi connectivity index (χ4v) is 4.12. The fraction of sp³-hybridized carbons (Fsp3) is 0.0909. The van der Waals surface area contributed by atoms with Gasteiger partial charge in [0.1, 0.15) is 17.6 Å². The molecule has 0 saturated heterocycles. The zero-order valence-electron chi connectivity index (χ0n) is 16.5. The van der Waals surface area contributed by atoms with E-state index in [1.807, 2.05) is 12.1 Å². The van der Waals surface area contributed by atoms with Crippen molar-refractivity contribution in [3.05, 3.63) is 93.7 Å². The third-order valence-corrected chi connectivity index (χ3v) is 5.91.